The lowest BCUT2D eigenvalue weighted by Crippen LogP contribution is -2.16. The topological polar surface area (TPSA) is 24.1 Å². The Balaban J connectivity index is 1.93. The number of fused-ring (bicyclic) bond motifs is 1. The average Bonchev–Trinajstić information content (AvgIpc) is 2.84. The standard InChI is InChI=1S/C19H17ClF6N2/c20-16-2-1-12-3-5-27-6-4-15(12)17(16)28-10-11-7-13(18(21,22)23)9-14(8-11)19(24,25)26/h1-2,7-9,27-28H,3-6,10H2. The summed E-state index contributed by atoms with van der Waals surface area (Å²) in [5.41, 5.74) is -0.253. The molecule has 28 heavy (non-hydrogen) atoms. The van der Waals surface area contributed by atoms with Gasteiger partial charge in [0.25, 0.3) is 0 Å². The maximum Gasteiger partial charge on any atom is 0.416 e. The third-order valence-corrected chi connectivity index (χ3v) is 4.91. The van der Waals surface area contributed by atoms with Gasteiger partial charge in [-0.25, -0.2) is 0 Å². The van der Waals surface area contributed by atoms with E-state index in [2.05, 4.69) is 10.6 Å². The van der Waals surface area contributed by atoms with Crippen LogP contribution in [0.1, 0.15) is 27.8 Å². The molecule has 0 spiro atoms. The molecular formula is C19H17ClF6N2. The second-order valence-electron chi connectivity index (χ2n) is 6.58. The molecule has 0 bridgehead atoms. The Morgan fingerprint density at radius 2 is 1.50 bits per heavy atom. The SMILES string of the molecule is FC(F)(F)c1cc(CNc2c(Cl)ccc3c2CCNCC3)cc(C(F)(F)F)c1. The molecule has 0 fully saturated rings. The molecule has 0 saturated heterocycles. The van der Waals surface area contributed by atoms with E-state index in [1.807, 2.05) is 6.07 Å². The van der Waals surface area contributed by atoms with Crippen LogP contribution >= 0.6 is 11.6 Å². The van der Waals surface area contributed by atoms with E-state index in [-0.39, 0.29) is 18.2 Å². The minimum Gasteiger partial charge on any atom is -0.380 e. The Hall–Kier alpha value is -1.93. The number of benzene rings is 2. The molecule has 1 heterocycles. The maximum absolute atomic E-state index is 13.0. The van der Waals surface area contributed by atoms with Gasteiger partial charge in [0.1, 0.15) is 0 Å². The Labute approximate surface area is 162 Å². The van der Waals surface area contributed by atoms with Crippen LogP contribution in [0.4, 0.5) is 32.0 Å². The van der Waals surface area contributed by atoms with Gasteiger partial charge in [0.05, 0.1) is 21.8 Å². The molecule has 1 aliphatic rings. The molecule has 0 aromatic heterocycles. The van der Waals surface area contributed by atoms with E-state index in [0.29, 0.717) is 23.7 Å². The molecule has 0 amide bonds. The first-order chi connectivity index (χ1) is 13.1. The van der Waals surface area contributed by atoms with E-state index < -0.39 is 23.5 Å². The van der Waals surface area contributed by atoms with Gasteiger partial charge in [-0.05, 0) is 66.9 Å². The smallest absolute Gasteiger partial charge is 0.380 e. The highest BCUT2D eigenvalue weighted by Gasteiger charge is 2.36. The van der Waals surface area contributed by atoms with E-state index in [1.54, 1.807) is 6.07 Å². The van der Waals surface area contributed by atoms with E-state index in [0.717, 1.165) is 36.2 Å². The number of halogens is 7. The predicted molar refractivity (Wildman–Crippen MR) is 95.5 cm³/mol. The van der Waals surface area contributed by atoms with Crippen LogP contribution < -0.4 is 10.6 Å². The molecule has 9 heteroatoms. The molecule has 152 valence electrons. The van der Waals surface area contributed by atoms with Crippen molar-refractivity contribution in [3.8, 4) is 0 Å². The minimum atomic E-state index is -4.87. The first-order valence-electron chi connectivity index (χ1n) is 8.59. The van der Waals surface area contributed by atoms with Crippen LogP contribution in [0, 0.1) is 0 Å². The molecule has 2 nitrogen and oxygen atoms in total. The zero-order valence-electron chi connectivity index (χ0n) is 14.6. The third kappa shape index (κ3) is 4.72. The van der Waals surface area contributed by atoms with Gasteiger partial charge in [0, 0.05) is 6.54 Å². The van der Waals surface area contributed by atoms with Gasteiger partial charge in [-0.1, -0.05) is 17.7 Å². The monoisotopic (exact) mass is 422 g/mol. The molecule has 3 rings (SSSR count). The van der Waals surface area contributed by atoms with Crippen LogP contribution in [-0.4, -0.2) is 13.1 Å². The lowest BCUT2D eigenvalue weighted by atomic mass is 10.00. The van der Waals surface area contributed by atoms with Gasteiger partial charge in [-0.2, -0.15) is 26.3 Å². The van der Waals surface area contributed by atoms with Crippen LogP contribution in [0.5, 0.6) is 0 Å². The highest BCUT2D eigenvalue weighted by molar-refractivity contribution is 6.33. The normalized spacial score (nSPS) is 15.1. The number of alkyl halides is 6. The fraction of sp³-hybridized carbons (Fsp3) is 0.368. The number of rotatable bonds is 3. The summed E-state index contributed by atoms with van der Waals surface area (Å²) < 4.78 is 78.1. The zero-order chi connectivity index (χ0) is 20.5. The third-order valence-electron chi connectivity index (χ3n) is 4.60. The van der Waals surface area contributed by atoms with Gasteiger partial charge in [0.2, 0.25) is 0 Å². The number of anilines is 1. The summed E-state index contributed by atoms with van der Waals surface area (Å²) in [5, 5.41) is 6.57. The summed E-state index contributed by atoms with van der Waals surface area (Å²) in [4.78, 5) is 0. The molecule has 2 N–H and O–H groups in total. The molecule has 0 radical (unpaired) electrons. The number of hydrogen-bond donors (Lipinski definition) is 2. The van der Waals surface area contributed by atoms with E-state index in [4.69, 9.17) is 11.6 Å². The van der Waals surface area contributed by atoms with Crippen LogP contribution in [0.25, 0.3) is 0 Å². The molecule has 0 atom stereocenters. The minimum absolute atomic E-state index is 0.122. The maximum atomic E-state index is 13.0. The van der Waals surface area contributed by atoms with Crippen molar-refractivity contribution in [3.63, 3.8) is 0 Å². The molecule has 2 aromatic carbocycles. The van der Waals surface area contributed by atoms with Crippen LogP contribution in [0.15, 0.2) is 30.3 Å². The summed E-state index contributed by atoms with van der Waals surface area (Å²) in [7, 11) is 0. The van der Waals surface area contributed by atoms with Crippen molar-refractivity contribution >= 4 is 17.3 Å². The second-order valence-corrected chi connectivity index (χ2v) is 6.98. The Morgan fingerprint density at radius 1 is 0.893 bits per heavy atom. The number of nitrogens with one attached hydrogen (secondary N) is 2. The van der Waals surface area contributed by atoms with Crippen molar-refractivity contribution in [2.75, 3.05) is 18.4 Å². The Bertz CT molecular complexity index is 828. The van der Waals surface area contributed by atoms with E-state index in [1.165, 1.54) is 0 Å². The average molecular weight is 423 g/mol. The van der Waals surface area contributed by atoms with Gasteiger partial charge >= 0.3 is 12.4 Å². The fourth-order valence-electron chi connectivity index (χ4n) is 3.25. The van der Waals surface area contributed by atoms with Gasteiger partial charge in [0.15, 0.2) is 0 Å². The highest BCUT2D eigenvalue weighted by atomic mass is 35.5. The quantitative estimate of drug-likeness (QED) is 0.622. The fourth-order valence-corrected chi connectivity index (χ4v) is 3.49. The Morgan fingerprint density at radius 3 is 2.11 bits per heavy atom. The second kappa shape index (κ2) is 7.83. The highest BCUT2D eigenvalue weighted by Crippen LogP contribution is 2.37. The molecule has 0 saturated carbocycles. The summed E-state index contributed by atoms with van der Waals surface area (Å²) in [6, 6.07) is 5.14. The summed E-state index contributed by atoms with van der Waals surface area (Å²) in [5.74, 6) is 0. The van der Waals surface area contributed by atoms with Crippen molar-refractivity contribution in [2.45, 2.75) is 31.7 Å². The van der Waals surface area contributed by atoms with E-state index in [9.17, 15) is 26.3 Å². The Kier molecular flexibility index (Phi) is 5.82. The zero-order valence-corrected chi connectivity index (χ0v) is 15.3. The largest absolute Gasteiger partial charge is 0.416 e. The summed E-state index contributed by atoms with van der Waals surface area (Å²) in [6.07, 6.45) is -8.32. The first kappa shape index (κ1) is 20.8. The van der Waals surface area contributed by atoms with Crippen molar-refractivity contribution in [1.29, 1.82) is 0 Å². The molecule has 0 aliphatic carbocycles. The van der Waals surface area contributed by atoms with Crippen molar-refractivity contribution in [2.24, 2.45) is 0 Å². The van der Waals surface area contributed by atoms with Crippen molar-refractivity contribution in [3.05, 3.63) is 63.2 Å². The van der Waals surface area contributed by atoms with Gasteiger partial charge in [-0.15, -0.1) is 0 Å². The van der Waals surface area contributed by atoms with Crippen LogP contribution in [-0.2, 0) is 31.7 Å². The lowest BCUT2D eigenvalue weighted by Gasteiger charge is -2.18. The van der Waals surface area contributed by atoms with E-state index >= 15 is 0 Å². The predicted octanol–water partition coefficient (Wildman–Crippen LogP) is 5.68. The summed E-state index contributed by atoms with van der Waals surface area (Å²) in [6.45, 7) is 1.29. The van der Waals surface area contributed by atoms with Crippen molar-refractivity contribution in [1.82, 2.24) is 5.32 Å². The van der Waals surface area contributed by atoms with Crippen LogP contribution in [0.3, 0.4) is 0 Å². The lowest BCUT2D eigenvalue weighted by molar-refractivity contribution is -0.143. The summed E-state index contributed by atoms with van der Waals surface area (Å²) >= 11 is 6.25. The molecular weight excluding hydrogens is 406 g/mol. The molecule has 1 aliphatic heterocycles. The number of hydrogen-bond acceptors (Lipinski definition) is 2. The molecule has 0 unspecified atom stereocenters. The first-order valence-corrected chi connectivity index (χ1v) is 8.96. The van der Waals surface area contributed by atoms with Gasteiger partial charge in [-0.3, -0.25) is 0 Å². The van der Waals surface area contributed by atoms with Crippen LogP contribution in [0.2, 0.25) is 5.02 Å². The van der Waals surface area contributed by atoms with Crippen molar-refractivity contribution < 1.29 is 26.3 Å². The molecule has 2 aromatic rings. The van der Waals surface area contributed by atoms with Gasteiger partial charge < -0.3 is 10.6 Å².